The van der Waals surface area contributed by atoms with Gasteiger partial charge in [-0.05, 0) is 30.7 Å². The maximum Gasteiger partial charge on any atom is 0.265 e. The molecule has 0 aliphatic carbocycles. The van der Waals surface area contributed by atoms with E-state index in [1.165, 1.54) is 6.20 Å². The SMILES string of the molecule is CC.Cc1cc(-c2ccc3c(cnn3C)c2)ncc1C(F)F. The van der Waals surface area contributed by atoms with Crippen LogP contribution in [0.1, 0.15) is 31.4 Å². The lowest BCUT2D eigenvalue weighted by atomic mass is 10.1. The molecule has 3 rings (SSSR count). The second kappa shape index (κ2) is 6.64. The molecule has 0 atom stereocenters. The van der Waals surface area contributed by atoms with Crippen molar-refractivity contribution in [3.63, 3.8) is 0 Å². The molecule has 0 aliphatic heterocycles. The molecule has 1 aromatic carbocycles. The maximum absolute atomic E-state index is 12.7. The molecule has 0 unspecified atom stereocenters. The van der Waals surface area contributed by atoms with E-state index in [1.807, 2.05) is 39.1 Å². The Balaban J connectivity index is 0.000000847. The summed E-state index contributed by atoms with van der Waals surface area (Å²) in [5.41, 5.74) is 3.15. The first-order valence-electron chi connectivity index (χ1n) is 7.23. The number of halogens is 2. The minimum absolute atomic E-state index is 0.0174. The van der Waals surface area contributed by atoms with E-state index in [4.69, 9.17) is 0 Å². The number of pyridine rings is 1. The van der Waals surface area contributed by atoms with Gasteiger partial charge >= 0.3 is 0 Å². The normalized spacial score (nSPS) is 10.7. The van der Waals surface area contributed by atoms with Crippen LogP contribution in [0.4, 0.5) is 8.78 Å². The molecule has 22 heavy (non-hydrogen) atoms. The first kappa shape index (κ1) is 16.1. The van der Waals surface area contributed by atoms with Gasteiger partial charge in [0, 0.05) is 29.8 Å². The lowest BCUT2D eigenvalue weighted by Gasteiger charge is -2.07. The largest absolute Gasteiger partial charge is 0.268 e. The molecule has 2 heterocycles. The first-order chi connectivity index (χ1) is 10.6. The molecule has 3 nitrogen and oxygen atoms in total. The Labute approximate surface area is 128 Å². The molecular weight excluding hydrogens is 284 g/mol. The van der Waals surface area contributed by atoms with Crippen molar-refractivity contribution in [2.24, 2.45) is 7.05 Å². The van der Waals surface area contributed by atoms with Crippen LogP contribution in [0.5, 0.6) is 0 Å². The van der Waals surface area contributed by atoms with Crippen LogP contribution in [0.3, 0.4) is 0 Å². The molecule has 5 heteroatoms. The van der Waals surface area contributed by atoms with Crippen molar-refractivity contribution in [1.82, 2.24) is 14.8 Å². The Morgan fingerprint density at radius 1 is 1.09 bits per heavy atom. The Morgan fingerprint density at radius 2 is 1.82 bits per heavy atom. The van der Waals surface area contributed by atoms with Crippen LogP contribution in [0.25, 0.3) is 22.2 Å². The van der Waals surface area contributed by atoms with Crippen molar-refractivity contribution in [2.45, 2.75) is 27.2 Å². The summed E-state index contributed by atoms with van der Waals surface area (Å²) >= 11 is 0. The number of alkyl halides is 2. The van der Waals surface area contributed by atoms with Crippen LogP contribution in [-0.4, -0.2) is 14.8 Å². The van der Waals surface area contributed by atoms with Gasteiger partial charge in [-0.3, -0.25) is 9.67 Å². The number of benzene rings is 1. The third-order valence-corrected chi connectivity index (χ3v) is 3.43. The number of aromatic nitrogens is 3. The molecule has 0 radical (unpaired) electrons. The third kappa shape index (κ3) is 2.98. The highest BCUT2D eigenvalue weighted by Crippen LogP contribution is 2.27. The number of rotatable bonds is 2. The van der Waals surface area contributed by atoms with Crippen molar-refractivity contribution in [1.29, 1.82) is 0 Å². The van der Waals surface area contributed by atoms with Gasteiger partial charge in [-0.15, -0.1) is 0 Å². The summed E-state index contributed by atoms with van der Waals surface area (Å²) < 4.78 is 27.2. The Morgan fingerprint density at radius 3 is 2.45 bits per heavy atom. The zero-order chi connectivity index (χ0) is 16.3. The van der Waals surface area contributed by atoms with Crippen molar-refractivity contribution in [3.8, 4) is 11.3 Å². The summed E-state index contributed by atoms with van der Waals surface area (Å²) in [5, 5.41) is 5.18. The molecule has 116 valence electrons. The van der Waals surface area contributed by atoms with E-state index in [-0.39, 0.29) is 5.56 Å². The van der Waals surface area contributed by atoms with E-state index < -0.39 is 6.43 Å². The average Bonchev–Trinajstić information content (AvgIpc) is 2.89. The molecular formula is C17H19F2N3. The zero-order valence-electron chi connectivity index (χ0n) is 13.1. The van der Waals surface area contributed by atoms with Crippen LogP contribution >= 0.6 is 0 Å². The van der Waals surface area contributed by atoms with Crippen molar-refractivity contribution < 1.29 is 8.78 Å². The molecule has 2 aromatic heterocycles. The first-order valence-corrected chi connectivity index (χ1v) is 7.23. The van der Waals surface area contributed by atoms with Crippen molar-refractivity contribution in [2.75, 3.05) is 0 Å². The number of hydrogen-bond donors (Lipinski definition) is 0. The molecule has 0 spiro atoms. The molecule has 0 bridgehead atoms. The smallest absolute Gasteiger partial charge is 0.265 e. The zero-order valence-corrected chi connectivity index (χ0v) is 13.1. The van der Waals surface area contributed by atoms with Gasteiger partial charge in [0.2, 0.25) is 0 Å². The summed E-state index contributed by atoms with van der Waals surface area (Å²) in [5.74, 6) is 0. The van der Waals surface area contributed by atoms with Gasteiger partial charge in [-0.1, -0.05) is 19.9 Å². The van der Waals surface area contributed by atoms with Crippen molar-refractivity contribution in [3.05, 3.63) is 47.8 Å². The minimum atomic E-state index is -2.49. The van der Waals surface area contributed by atoms with Crippen LogP contribution in [0.15, 0.2) is 36.7 Å². The summed E-state index contributed by atoms with van der Waals surface area (Å²) in [4.78, 5) is 4.14. The van der Waals surface area contributed by atoms with Crippen molar-refractivity contribution >= 4 is 10.9 Å². The molecule has 0 aliphatic rings. The van der Waals surface area contributed by atoms with Crippen LogP contribution in [0, 0.1) is 6.92 Å². The standard InChI is InChI=1S/C15H13F2N3.C2H6/c1-9-5-13(18-8-12(9)15(16)17)10-3-4-14-11(6-10)7-19-20(14)2;1-2/h3-8,15H,1-2H3;1-2H3. The van der Waals surface area contributed by atoms with Crippen LogP contribution in [0.2, 0.25) is 0 Å². The van der Waals surface area contributed by atoms with Gasteiger partial charge in [-0.2, -0.15) is 5.10 Å². The topological polar surface area (TPSA) is 30.7 Å². The van der Waals surface area contributed by atoms with Crippen LogP contribution in [-0.2, 0) is 7.05 Å². The monoisotopic (exact) mass is 303 g/mol. The van der Waals surface area contributed by atoms with E-state index in [9.17, 15) is 8.78 Å². The van der Waals surface area contributed by atoms with Gasteiger partial charge < -0.3 is 0 Å². The van der Waals surface area contributed by atoms with E-state index in [1.54, 1.807) is 23.9 Å². The summed E-state index contributed by atoms with van der Waals surface area (Å²) in [6, 6.07) is 7.54. The Bertz CT molecular complexity index is 779. The highest BCUT2D eigenvalue weighted by atomic mass is 19.3. The minimum Gasteiger partial charge on any atom is -0.268 e. The van der Waals surface area contributed by atoms with Gasteiger partial charge in [0.1, 0.15) is 0 Å². The van der Waals surface area contributed by atoms with Gasteiger partial charge in [-0.25, -0.2) is 8.78 Å². The van der Waals surface area contributed by atoms with Gasteiger partial charge in [0.15, 0.2) is 0 Å². The summed E-state index contributed by atoms with van der Waals surface area (Å²) in [7, 11) is 1.88. The Hall–Kier alpha value is -2.30. The average molecular weight is 303 g/mol. The lowest BCUT2D eigenvalue weighted by molar-refractivity contribution is 0.150. The third-order valence-electron chi connectivity index (χ3n) is 3.43. The fourth-order valence-electron chi connectivity index (χ4n) is 2.28. The second-order valence-corrected chi connectivity index (χ2v) is 4.77. The fourth-order valence-corrected chi connectivity index (χ4v) is 2.28. The molecule has 0 amide bonds. The number of nitrogens with zero attached hydrogens (tertiary/aromatic N) is 3. The second-order valence-electron chi connectivity index (χ2n) is 4.77. The van der Waals surface area contributed by atoms with E-state index in [2.05, 4.69) is 10.1 Å². The maximum atomic E-state index is 12.7. The van der Waals surface area contributed by atoms with E-state index in [0.717, 1.165) is 16.5 Å². The molecule has 3 aromatic rings. The quantitative estimate of drug-likeness (QED) is 0.673. The summed E-state index contributed by atoms with van der Waals surface area (Å²) in [6.07, 6.45) is 0.541. The van der Waals surface area contributed by atoms with Gasteiger partial charge in [0.25, 0.3) is 6.43 Å². The molecule has 0 saturated heterocycles. The molecule has 0 saturated carbocycles. The van der Waals surface area contributed by atoms with E-state index in [0.29, 0.717) is 11.3 Å². The highest BCUT2D eigenvalue weighted by molar-refractivity contribution is 5.83. The fraction of sp³-hybridized carbons (Fsp3) is 0.294. The number of fused-ring (bicyclic) bond motifs is 1. The Kier molecular flexibility index (Phi) is 4.85. The highest BCUT2D eigenvalue weighted by Gasteiger charge is 2.12. The molecule has 0 fully saturated rings. The van der Waals surface area contributed by atoms with Crippen LogP contribution < -0.4 is 0 Å². The predicted molar refractivity (Wildman–Crippen MR) is 85.0 cm³/mol. The molecule has 0 N–H and O–H groups in total. The summed E-state index contributed by atoms with van der Waals surface area (Å²) in [6.45, 7) is 5.68. The number of aryl methyl sites for hydroxylation is 2. The number of hydrogen-bond acceptors (Lipinski definition) is 2. The van der Waals surface area contributed by atoms with E-state index >= 15 is 0 Å². The van der Waals surface area contributed by atoms with Gasteiger partial charge in [0.05, 0.1) is 17.4 Å². The predicted octanol–water partition coefficient (Wildman–Crippen LogP) is 4.91. The lowest BCUT2D eigenvalue weighted by Crippen LogP contribution is -1.94.